The first kappa shape index (κ1) is 15.3. The van der Waals surface area contributed by atoms with Gasteiger partial charge in [0.25, 0.3) is 5.91 Å². The highest BCUT2D eigenvalue weighted by molar-refractivity contribution is 5.97. The van der Waals surface area contributed by atoms with Crippen LogP contribution in [0.2, 0.25) is 0 Å². The number of ether oxygens (including phenoxy) is 2. The molecule has 0 spiro atoms. The van der Waals surface area contributed by atoms with Crippen LogP contribution < -0.4 is 15.2 Å². The molecular weight excluding hydrogens is 244 g/mol. The monoisotopic (exact) mass is 266 g/mol. The maximum Gasteiger partial charge on any atom is 0.257 e. The molecule has 0 aliphatic rings. The van der Waals surface area contributed by atoms with Crippen molar-refractivity contribution in [3.63, 3.8) is 0 Å². The van der Waals surface area contributed by atoms with E-state index in [4.69, 9.17) is 15.2 Å². The van der Waals surface area contributed by atoms with E-state index in [1.165, 1.54) is 0 Å². The molecule has 1 aromatic rings. The average molecular weight is 266 g/mol. The summed E-state index contributed by atoms with van der Waals surface area (Å²) in [6.07, 6.45) is 0. The molecule has 0 aromatic heterocycles. The fourth-order valence-electron chi connectivity index (χ4n) is 1.81. The van der Waals surface area contributed by atoms with E-state index in [1.54, 1.807) is 44.4 Å². The van der Waals surface area contributed by atoms with Crippen LogP contribution in [0.4, 0.5) is 0 Å². The molecule has 0 aliphatic heterocycles. The Balaban J connectivity index is 2.96. The van der Waals surface area contributed by atoms with Gasteiger partial charge in [-0.3, -0.25) is 4.79 Å². The molecule has 5 heteroatoms. The van der Waals surface area contributed by atoms with Crippen molar-refractivity contribution in [3.05, 3.63) is 23.8 Å². The third-order valence-electron chi connectivity index (χ3n) is 2.97. The fourth-order valence-corrected chi connectivity index (χ4v) is 1.81. The van der Waals surface area contributed by atoms with Crippen LogP contribution in [0.15, 0.2) is 18.2 Å². The van der Waals surface area contributed by atoms with Crippen LogP contribution in [0.5, 0.6) is 11.5 Å². The molecule has 0 aliphatic carbocycles. The number of nitrogens with two attached hydrogens (primary N) is 1. The number of carbonyl (C=O) groups excluding carboxylic acids is 1. The first-order chi connectivity index (χ1) is 9.03. The second-order valence-electron chi connectivity index (χ2n) is 4.59. The molecule has 0 bridgehead atoms. The van der Waals surface area contributed by atoms with E-state index in [1.807, 2.05) is 6.92 Å². The van der Waals surface area contributed by atoms with Crippen molar-refractivity contribution in [2.45, 2.75) is 6.92 Å². The van der Waals surface area contributed by atoms with Crippen LogP contribution >= 0.6 is 0 Å². The summed E-state index contributed by atoms with van der Waals surface area (Å²) >= 11 is 0. The van der Waals surface area contributed by atoms with E-state index in [-0.39, 0.29) is 11.8 Å². The summed E-state index contributed by atoms with van der Waals surface area (Å²) in [5.74, 6) is 1.32. The molecule has 0 radical (unpaired) electrons. The van der Waals surface area contributed by atoms with Crippen LogP contribution in [0.1, 0.15) is 17.3 Å². The van der Waals surface area contributed by atoms with Gasteiger partial charge in [-0.2, -0.15) is 0 Å². The number of hydrogen-bond donors (Lipinski definition) is 1. The molecule has 1 aromatic carbocycles. The molecule has 1 unspecified atom stereocenters. The number of methoxy groups -OCH3 is 2. The summed E-state index contributed by atoms with van der Waals surface area (Å²) < 4.78 is 10.4. The maximum atomic E-state index is 12.4. The normalized spacial score (nSPS) is 11.8. The Morgan fingerprint density at radius 2 is 2.05 bits per heavy atom. The van der Waals surface area contributed by atoms with Gasteiger partial charge in [-0.1, -0.05) is 6.92 Å². The Kier molecular flexibility index (Phi) is 5.63. The Hall–Kier alpha value is -1.75. The minimum atomic E-state index is -0.101. The molecule has 5 nitrogen and oxygen atoms in total. The zero-order valence-corrected chi connectivity index (χ0v) is 12.0. The summed E-state index contributed by atoms with van der Waals surface area (Å²) in [7, 11) is 4.87. The van der Waals surface area contributed by atoms with E-state index in [9.17, 15) is 4.79 Å². The van der Waals surface area contributed by atoms with Gasteiger partial charge in [0, 0.05) is 13.6 Å². The highest BCUT2D eigenvalue weighted by Crippen LogP contribution is 2.25. The molecule has 0 fully saturated rings. The molecular formula is C14H22N2O3. The van der Waals surface area contributed by atoms with Gasteiger partial charge in [0.05, 0.1) is 19.8 Å². The van der Waals surface area contributed by atoms with Gasteiger partial charge in [0.2, 0.25) is 0 Å². The standard InChI is InChI=1S/C14H22N2O3/c1-10(8-15)9-16(2)14(17)12-7-11(18-3)5-6-13(12)19-4/h5-7,10H,8-9,15H2,1-4H3. The summed E-state index contributed by atoms with van der Waals surface area (Å²) in [4.78, 5) is 14.0. The van der Waals surface area contributed by atoms with Crippen LogP contribution in [0, 0.1) is 5.92 Å². The SMILES string of the molecule is COc1ccc(OC)c(C(=O)N(C)CC(C)CN)c1. The lowest BCUT2D eigenvalue weighted by molar-refractivity contribution is 0.0773. The predicted octanol–water partition coefficient (Wildman–Crippen LogP) is 1.37. The highest BCUT2D eigenvalue weighted by Gasteiger charge is 2.18. The quantitative estimate of drug-likeness (QED) is 0.844. The Morgan fingerprint density at radius 3 is 2.58 bits per heavy atom. The molecule has 2 N–H and O–H groups in total. The van der Waals surface area contributed by atoms with Crippen molar-refractivity contribution in [1.29, 1.82) is 0 Å². The zero-order chi connectivity index (χ0) is 14.4. The lowest BCUT2D eigenvalue weighted by Gasteiger charge is -2.22. The Bertz CT molecular complexity index is 435. The highest BCUT2D eigenvalue weighted by atomic mass is 16.5. The molecule has 1 rings (SSSR count). The Morgan fingerprint density at radius 1 is 1.37 bits per heavy atom. The lowest BCUT2D eigenvalue weighted by Crippen LogP contribution is -2.33. The van der Waals surface area contributed by atoms with Gasteiger partial charge in [-0.25, -0.2) is 0 Å². The molecule has 1 amide bonds. The molecule has 1 atom stereocenters. The second-order valence-corrected chi connectivity index (χ2v) is 4.59. The smallest absolute Gasteiger partial charge is 0.257 e. The molecule has 106 valence electrons. The van der Waals surface area contributed by atoms with E-state index < -0.39 is 0 Å². The van der Waals surface area contributed by atoms with E-state index in [0.29, 0.717) is 30.2 Å². The minimum absolute atomic E-state index is 0.101. The average Bonchev–Trinajstić information content (AvgIpc) is 2.45. The molecule has 19 heavy (non-hydrogen) atoms. The van der Waals surface area contributed by atoms with Crippen LogP contribution in [-0.4, -0.2) is 45.2 Å². The predicted molar refractivity (Wildman–Crippen MR) is 74.7 cm³/mol. The third-order valence-corrected chi connectivity index (χ3v) is 2.97. The number of amides is 1. The lowest BCUT2D eigenvalue weighted by atomic mass is 10.1. The van der Waals surface area contributed by atoms with Crippen molar-refractivity contribution in [1.82, 2.24) is 4.90 Å². The van der Waals surface area contributed by atoms with Crippen LogP contribution in [0.25, 0.3) is 0 Å². The van der Waals surface area contributed by atoms with E-state index >= 15 is 0 Å². The number of rotatable bonds is 6. The fraction of sp³-hybridized carbons (Fsp3) is 0.500. The van der Waals surface area contributed by atoms with Crippen LogP contribution in [0.3, 0.4) is 0 Å². The second kappa shape index (κ2) is 6.99. The topological polar surface area (TPSA) is 64.8 Å². The zero-order valence-electron chi connectivity index (χ0n) is 12.0. The first-order valence-corrected chi connectivity index (χ1v) is 6.21. The van der Waals surface area contributed by atoms with Gasteiger partial charge in [-0.05, 0) is 30.7 Å². The van der Waals surface area contributed by atoms with Crippen LogP contribution in [-0.2, 0) is 0 Å². The van der Waals surface area contributed by atoms with Gasteiger partial charge in [-0.15, -0.1) is 0 Å². The number of nitrogens with zero attached hydrogens (tertiary/aromatic N) is 1. The van der Waals surface area contributed by atoms with Crippen molar-refractivity contribution >= 4 is 5.91 Å². The largest absolute Gasteiger partial charge is 0.497 e. The number of carbonyl (C=O) groups is 1. The van der Waals surface area contributed by atoms with E-state index in [2.05, 4.69) is 0 Å². The van der Waals surface area contributed by atoms with Crippen molar-refractivity contribution in [3.8, 4) is 11.5 Å². The van der Waals surface area contributed by atoms with Gasteiger partial charge in [0.15, 0.2) is 0 Å². The van der Waals surface area contributed by atoms with Crippen molar-refractivity contribution in [2.75, 3.05) is 34.4 Å². The van der Waals surface area contributed by atoms with Gasteiger partial charge >= 0.3 is 0 Å². The summed E-state index contributed by atoms with van der Waals surface area (Å²) in [6.45, 7) is 3.16. The Labute approximate surface area is 114 Å². The summed E-state index contributed by atoms with van der Waals surface area (Å²) in [5, 5.41) is 0. The van der Waals surface area contributed by atoms with E-state index in [0.717, 1.165) is 0 Å². The summed E-state index contributed by atoms with van der Waals surface area (Å²) in [5.41, 5.74) is 6.07. The molecule has 0 heterocycles. The van der Waals surface area contributed by atoms with Crippen molar-refractivity contribution < 1.29 is 14.3 Å². The minimum Gasteiger partial charge on any atom is -0.497 e. The number of hydrogen-bond acceptors (Lipinski definition) is 4. The maximum absolute atomic E-state index is 12.4. The third kappa shape index (κ3) is 3.86. The van der Waals surface area contributed by atoms with Gasteiger partial charge < -0.3 is 20.1 Å². The molecule has 0 saturated heterocycles. The van der Waals surface area contributed by atoms with Crippen molar-refractivity contribution in [2.24, 2.45) is 11.7 Å². The van der Waals surface area contributed by atoms with Gasteiger partial charge in [0.1, 0.15) is 11.5 Å². The molecule has 0 saturated carbocycles. The summed E-state index contributed by atoms with van der Waals surface area (Å²) in [6, 6.07) is 5.18. The number of benzene rings is 1. The first-order valence-electron chi connectivity index (χ1n) is 6.21.